The van der Waals surface area contributed by atoms with Gasteiger partial charge < -0.3 is 9.64 Å². The zero-order valence-corrected chi connectivity index (χ0v) is 18.0. The summed E-state index contributed by atoms with van der Waals surface area (Å²) in [6.45, 7) is 10.7. The van der Waals surface area contributed by atoms with E-state index in [4.69, 9.17) is 4.74 Å². The van der Waals surface area contributed by atoms with E-state index in [0.29, 0.717) is 31.2 Å². The second-order valence-corrected chi connectivity index (χ2v) is 9.02. The van der Waals surface area contributed by atoms with Gasteiger partial charge in [-0.15, -0.1) is 0 Å². The van der Waals surface area contributed by atoms with Gasteiger partial charge in [0.05, 0.1) is 4.92 Å². The lowest BCUT2D eigenvalue weighted by atomic mass is 10.0. The van der Waals surface area contributed by atoms with E-state index in [2.05, 4.69) is 9.80 Å². The monoisotopic (exact) mass is 422 g/mol. The number of hydrogen-bond donors (Lipinski definition) is 0. The Morgan fingerprint density at radius 2 is 1.80 bits per heavy atom. The number of ether oxygens (including phenoxy) is 1. The SMILES string of the molecule is CC(C)(C)OC(=O)N1CCC(N2CCN(Cc3cccc([N+](=O)[O-])c3F)CC2)CC1. The smallest absolute Gasteiger partial charge is 0.410 e. The molecule has 0 unspecified atom stereocenters. The van der Waals surface area contributed by atoms with Crippen LogP contribution in [-0.2, 0) is 11.3 Å². The first kappa shape index (κ1) is 22.4. The summed E-state index contributed by atoms with van der Waals surface area (Å²) in [6, 6.07) is 4.77. The molecule has 1 aromatic rings. The van der Waals surface area contributed by atoms with Crippen LogP contribution in [0.15, 0.2) is 18.2 Å². The second kappa shape index (κ2) is 9.26. The van der Waals surface area contributed by atoms with Crippen molar-refractivity contribution in [3.63, 3.8) is 0 Å². The number of carbonyl (C=O) groups excluding carboxylic acids is 1. The van der Waals surface area contributed by atoms with Crippen LogP contribution in [0.5, 0.6) is 0 Å². The van der Waals surface area contributed by atoms with Gasteiger partial charge in [-0.2, -0.15) is 4.39 Å². The van der Waals surface area contributed by atoms with Crippen molar-refractivity contribution in [1.29, 1.82) is 0 Å². The quantitative estimate of drug-likeness (QED) is 0.547. The largest absolute Gasteiger partial charge is 0.444 e. The fourth-order valence-electron chi connectivity index (χ4n) is 4.10. The van der Waals surface area contributed by atoms with Crippen LogP contribution >= 0.6 is 0 Å². The Labute approximate surface area is 176 Å². The number of nitro groups is 1. The van der Waals surface area contributed by atoms with Gasteiger partial charge in [-0.25, -0.2) is 4.79 Å². The van der Waals surface area contributed by atoms with Crippen molar-refractivity contribution in [2.24, 2.45) is 0 Å². The van der Waals surface area contributed by atoms with Gasteiger partial charge in [0, 0.05) is 63.5 Å². The molecule has 2 heterocycles. The molecule has 166 valence electrons. The van der Waals surface area contributed by atoms with Crippen LogP contribution in [0.25, 0.3) is 0 Å². The molecule has 0 N–H and O–H groups in total. The number of rotatable bonds is 4. The summed E-state index contributed by atoms with van der Waals surface area (Å²) >= 11 is 0. The molecule has 0 spiro atoms. The molecular formula is C21H31FN4O4. The molecule has 2 fully saturated rings. The Hall–Kier alpha value is -2.26. The molecule has 2 aliphatic rings. The normalized spacial score (nSPS) is 19.7. The first-order chi connectivity index (χ1) is 14.1. The highest BCUT2D eigenvalue weighted by Crippen LogP contribution is 2.24. The topological polar surface area (TPSA) is 79.2 Å². The van der Waals surface area contributed by atoms with Gasteiger partial charge in [-0.05, 0) is 33.6 Å². The first-order valence-corrected chi connectivity index (χ1v) is 10.5. The van der Waals surface area contributed by atoms with Crippen LogP contribution in [0.1, 0.15) is 39.2 Å². The fraction of sp³-hybridized carbons (Fsp3) is 0.667. The number of amides is 1. The van der Waals surface area contributed by atoms with E-state index < -0.39 is 22.0 Å². The number of halogens is 1. The molecule has 1 amide bonds. The number of benzene rings is 1. The summed E-state index contributed by atoms with van der Waals surface area (Å²) in [5, 5.41) is 10.9. The van der Waals surface area contributed by atoms with E-state index in [1.807, 2.05) is 20.8 Å². The van der Waals surface area contributed by atoms with Gasteiger partial charge in [0.25, 0.3) is 0 Å². The van der Waals surface area contributed by atoms with Crippen molar-refractivity contribution in [1.82, 2.24) is 14.7 Å². The third-order valence-corrected chi connectivity index (χ3v) is 5.69. The number of likely N-dealkylation sites (tertiary alicyclic amines) is 1. The zero-order valence-electron chi connectivity index (χ0n) is 18.0. The van der Waals surface area contributed by atoms with Crippen LogP contribution < -0.4 is 0 Å². The molecule has 1 aromatic carbocycles. The Kier molecular flexibility index (Phi) is 6.92. The number of piperidine rings is 1. The predicted octanol–water partition coefficient (Wildman–Crippen LogP) is 3.25. The molecule has 0 aliphatic carbocycles. The molecule has 9 heteroatoms. The third-order valence-electron chi connectivity index (χ3n) is 5.69. The maximum Gasteiger partial charge on any atom is 0.410 e. The maximum absolute atomic E-state index is 14.3. The highest BCUT2D eigenvalue weighted by Gasteiger charge is 2.31. The minimum atomic E-state index is -0.737. The molecule has 2 aliphatic heterocycles. The van der Waals surface area contributed by atoms with Crippen molar-refractivity contribution in [3.05, 3.63) is 39.7 Å². The molecule has 30 heavy (non-hydrogen) atoms. The maximum atomic E-state index is 14.3. The van der Waals surface area contributed by atoms with Gasteiger partial charge >= 0.3 is 11.8 Å². The minimum Gasteiger partial charge on any atom is -0.444 e. The van der Waals surface area contributed by atoms with E-state index in [1.54, 1.807) is 11.0 Å². The molecule has 8 nitrogen and oxygen atoms in total. The van der Waals surface area contributed by atoms with Crippen molar-refractivity contribution in [2.75, 3.05) is 39.3 Å². The summed E-state index contributed by atoms with van der Waals surface area (Å²) in [6.07, 6.45) is 1.59. The van der Waals surface area contributed by atoms with Gasteiger partial charge in [0.15, 0.2) is 0 Å². The lowest BCUT2D eigenvalue weighted by Crippen LogP contribution is -2.53. The molecule has 0 radical (unpaired) electrons. The summed E-state index contributed by atoms with van der Waals surface area (Å²) in [5.74, 6) is -0.737. The van der Waals surface area contributed by atoms with E-state index in [-0.39, 0.29) is 6.09 Å². The van der Waals surface area contributed by atoms with Crippen molar-refractivity contribution in [2.45, 2.75) is 51.8 Å². The van der Waals surface area contributed by atoms with Crippen LogP contribution in [0.2, 0.25) is 0 Å². The number of piperazine rings is 1. The van der Waals surface area contributed by atoms with E-state index in [0.717, 1.165) is 39.0 Å². The number of carbonyl (C=O) groups is 1. The molecule has 0 atom stereocenters. The second-order valence-electron chi connectivity index (χ2n) is 9.02. The Morgan fingerprint density at radius 3 is 2.37 bits per heavy atom. The summed E-state index contributed by atoms with van der Waals surface area (Å²) in [7, 11) is 0. The lowest BCUT2D eigenvalue weighted by molar-refractivity contribution is -0.387. The molecule has 2 saturated heterocycles. The molecule has 0 bridgehead atoms. The van der Waals surface area contributed by atoms with Crippen molar-refractivity contribution < 1.29 is 18.8 Å². The van der Waals surface area contributed by atoms with Crippen LogP contribution in [0, 0.1) is 15.9 Å². The third kappa shape index (κ3) is 5.66. The first-order valence-electron chi connectivity index (χ1n) is 10.5. The highest BCUT2D eigenvalue weighted by atomic mass is 19.1. The summed E-state index contributed by atoms with van der Waals surface area (Å²) in [4.78, 5) is 28.8. The van der Waals surface area contributed by atoms with Gasteiger partial charge in [-0.3, -0.25) is 19.9 Å². The number of nitrogens with zero attached hydrogens (tertiary/aromatic N) is 4. The molecular weight excluding hydrogens is 391 g/mol. The van der Waals surface area contributed by atoms with Crippen LogP contribution in [-0.4, -0.2) is 76.6 Å². The molecule has 3 rings (SSSR count). The lowest BCUT2D eigenvalue weighted by Gasteiger charge is -2.42. The van der Waals surface area contributed by atoms with Crippen molar-refractivity contribution >= 4 is 11.8 Å². The van der Waals surface area contributed by atoms with Crippen LogP contribution in [0.3, 0.4) is 0 Å². The number of nitro benzene ring substituents is 1. The van der Waals surface area contributed by atoms with Gasteiger partial charge in [0.1, 0.15) is 5.60 Å². The minimum absolute atomic E-state index is 0.246. The Balaban J connectivity index is 1.46. The average molecular weight is 423 g/mol. The van der Waals surface area contributed by atoms with E-state index >= 15 is 0 Å². The summed E-state index contributed by atoms with van der Waals surface area (Å²) in [5.41, 5.74) is -0.589. The zero-order chi connectivity index (χ0) is 21.9. The molecule has 0 saturated carbocycles. The van der Waals surface area contributed by atoms with E-state index in [9.17, 15) is 19.3 Å². The standard InChI is InChI=1S/C21H31FN4O4/c1-21(2,3)30-20(27)25-9-7-17(8-10-25)24-13-11-23(12-14-24)15-16-5-4-6-18(19(16)22)26(28)29/h4-6,17H,7-15H2,1-3H3. The molecule has 0 aromatic heterocycles. The highest BCUT2D eigenvalue weighted by molar-refractivity contribution is 5.68. The predicted molar refractivity (Wildman–Crippen MR) is 111 cm³/mol. The van der Waals surface area contributed by atoms with Crippen LogP contribution in [0.4, 0.5) is 14.9 Å². The average Bonchev–Trinajstić information content (AvgIpc) is 2.69. The fourth-order valence-corrected chi connectivity index (χ4v) is 4.10. The Bertz CT molecular complexity index is 767. The van der Waals surface area contributed by atoms with E-state index in [1.165, 1.54) is 12.1 Å². The Morgan fingerprint density at radius 1 is 1.17 bits per heavy atom. The number of hydrogen-bond acceptors (Lipinski definition) is 6. The van der Waals surface area contributed by atoms with Gasteiger partial charge in [0.2, 0.25) is 5.82 Å². The summed E-state index contributed by atoms with van der Waals surface area (Å²) < 4.78 is 19.8. The van der Waals surface area contributed by atoms with Crippen molar-refractivity contribution in [3.8, 4) is 0 Å². The van der Waals surface area contributed by atoms with Gasteiger partial charge in [-0.1, -0.05) is 12.1 Å².